The summed E-state index contributed by atoms with van der Waals surface area (Å²) >= 11 is 6.59. The van der Waals surface area contributed by atoms with Gasteiger partial charge < -0.3 is 9.31 Å². The molecule has 9 aliphatic rings. The minimum atomic E-state index is -0.268. The summed E-state index contributed by atoms with van der Waals surface area (Å²) in [6, 6.07) is 92.5. The first-order valence-electron chi connectivity index (χ1n) is 39.6. The van der Waals surface area contributed by atoms with Crippen LogP contribution in [0.1, 0.15) is 116 Å². The van der Waals surface area contributed by atoms with E-state index in [1.165, 1.54) is 82.6 Å². The molecule has 12 heteroatoms. The highest BCUT2D eigenvalue weighted by Gasteiger charge is 2.54. The number of nitrogens with zero attached hydrogens (tertiary/aromatic N) is 8. The summed E-state index contributed by atoms with van der Waals surface area (Å²) in [5, 5.41) is 2.80. The van der Waals surface area contributed by atoms with Crippen LogP contribution in [-0.2, 0) is 20.1 Å². The minimum absolute atomic E-state index is 0.240. The highest BCUT2D eigenvalue weighted by atomic mass is 35.5. The molecule has 10 aromatic carbocycles. The number of hydrogen-bond donors (Lipinski definition) is 0. The molecule has 8 bridgehead atoms. The van der Waals surface area contributed by atoms with Gasteiger partial charge in [0.25, 0.3) is 0 Å². The molecule has 10 nitrogen and oxygen atoms in total. The number of para-hydroxylation sites is 2. The minimum Gasteiger partial charge on any atom is -0.399 e. The first-order chi connectivity index (χ1) is 53.6. The first-order valence-corrected chi connectivity index (χ1v) is 40.0. The zero-order valence-corrected chi connectivity index (χ0v) is 63.6. The molecule has 1 saturated heterocycles. The largest absolute Gasteiger partial charge is 0.494 e. The number of rotatable bonds is 12. The van der Waals surface area contributed by atoms with E-state index in [-0.39, 0.29) is 18.3 Å². The molecule has 1 aliphatic heterocycles. The van der Waals surface area contributed by atoms with Crippen molar-refractivity contribution in [1.29, 1.82) is 0 Å². The quantitative estimate of drug-likeness (QED) is 0.109. The third-order valence-corrected chi connectivity index (χ3v) is 25.8. The molecular weight excluding hydrogens is 1370 g/mol. The van der Waals surface area contributed by atoms with Crippen LogP contribution < -0.4 is 5.46 Å². The summed E-state index contributed by atoms with van der Waals surface area (Å²) in [5.74, 6) is 9.54. The number of aromatic nitrogens is 8. The Hall–Kier alpha value is -10.7. The summed E-state index contributed by atoms with van der Waals surface area (Å²) < 4.78 is 12.4. The van der Waals surface area contributed by atoms with Gasteiger partial charge in [0.15, 0.2) is 34.9 Å². The molecular formula is C98H88BClN8O2. The SMILES string of the molecule is CC1(C)OB(c2ccc(C34CC5CC(CC(C5)C3)C4)cc2)OC1(C)C.Clc1cc(-c2cnc3ccccc3c2)cc(-c2nc(-c3ccccc3)nc(-c3ccccc3)n2)c1.c1ccc(-c2nc(-c3ccccc3)nc(-c3cc(-c4ccc(C56CC7CC(CC(C7)C5)C6)cc4)cc(-c4cnc5ccccc5c4)c3)n2)cc1. The van der Waals surface area contributed by atoms with Gasteiger partial charge in [-0.3, -0.25) is 9.97 Å². The van der Waals surface area contributed by atoms with Gasteiger partial charge in [0.05, 0.1) is 22.2 Å². The molecule has 0 atom stereocenters. The highest BCUT2D eigenvalue weighted by molar-refractivity contribution is 6.62. The topological polar surface area (TPSA) is 122 Å². The lowest BCUT2D eigenvalue weighted by Crippen LogP contribution is -2.48. The Kier molecular flexibility index (Phi) is 18.2. The van der Waals surface area contributed by atoms with Crippen molar-refractivity contribution in [1.82, 2.24) is 39.9 Å². The maximum Gasteiger partial charge on any atom is 0.494 e. The second-order valence-corrected chi connectivity index (χ2v) is 34.1. The van der Waals surface area contributed by atoms with Crippen LogP contribution in [0, 0.1) is 35.5 Å². The molecule has 23 rings (SSSR count). The van der Waals surface area contributed by atoms with Crippen LogP contribution in [0.3, 0.4) is 0 Å². The van der Waals surface area contributed by atoms with Crippen LogP contribution in [0.4, 0.5) is 0 Å². The average Bonchev–Trinajstić information content (AvgIpc) is 0.823. The van der Waals surface area contributed by atoms with Gasteiger partial charge >= 0.3 is 7.12 Å². The molecule has 4 aromatic heterocycles. The van der Waals surface area contributed by atoms with Crippen LogP contribution in [0.15, 0.2) is 279 Å². The van der Waals surface area contributed by atoms with E-state index in [0.29, 0.717) is 50.8 Å². The van der Waals surface area contributed by atoms with E-state index in [0.717, 1.165) is 124 Å². The van der Waals surface area contributed by atoms with Crippen molar-refractivity contribution < 1.29 is 9.31 Å². The Morgan fingerprint density at radius 2 is 0.582 bits per heavy atom. The molecule has 0 spiro atoms. The van der Waals surface area contributed by atoms with Gasteiger partial charge in [-0.1, -0.05) is 218 Å². The molecule has 110 heavy (non-hydrogen) atoms. The van der Waals surface area contributed by atoms with Crippen LogP contribution in [0.5, 0.6) is 0 Å². The number of halogens is 1. The van der Waals surface area contributed by atoms with Crippen LogP contribution in [0.25, 0.3) is 124 Å². The molecule has 542 valence electrons. The van der Waals surface area contributed by atoms with Gasteiger partial charge in [0.2, 0.25) is 0 Å². The molecule has 8 saturated carbocycles. The van der Waals surface area contributed by atoms with Crippen molar-refractivity contribution in [3.63, 3.8) is 0 Å². The summed E-state index contributed by atoms with van der Waals surface area (Å²) in [6.07, 6.45) is 21.2. The Morgan fingerprint density at radius 3 is 0.955 bits per heavy atom. The second-order valence-electron chi connectivity index (χ2n) is 33.6. The Morgan fingerprint density at radius 1 is 0.291 bits per heavy atom. The van der Waals surface area contributed by atoms with E-state index in [9.17, 15) is 0 Å². The van der Waals surface area contributed by atoms with E-state index >= 15 is 0 Å². The van der Waals surface area contributed by atoms with Crippen molar-refractivity contribution in [2.45, 2.75) is 127 Å². The maximum absolute atomic E-state index is 6.59. The van der Waals surface area contributed by atoms with Gasteiger partial charge in [-0.05, 0) is 251 Å². The summed E-state index contributed by atoms with van der Waals surface area (Å²) in [7, 11) is -0.240. The lowest BCUT2D eigenvalue weighted by atomic mass is 9.48. The fraction of sp³-hybridized carbons (Fsp3) is 0.265. The number of benzene rings is 10. The van der Waals surface area contributed by atoms with Gasteiger partial charge in [0.1, 0.15) is 0 Å². The molecule has 0 amide bonds. The Labute approximate surface area is 650 Å². The first kappa shape index (κ1) is 69.8. The standard InChI is InChI=1S/C46H38N4.C30H19ClN4.C22H31BO2/c1-3-9-34(10-4-1)43-48-44(35-11-5-2-6-12-35)50-45(49-43)39-24-37(23-38(25-39)40-22-36-13-7-8-14-42(36)47-29-40)33-15-17-41(18-16-33)46-26-30-19-31(27-46)21-32(20-30)28-46;31-26-17-23(25-15-22-13-7-8-14-27(22)32-19-25)16-24(18-26)30-34-28(20-9-3-1-4-10-20)33-29(35-30)21-11-5-2-6-12-21;1-20(2)21(3,4)25-23(24-20)19-7-5-18(6-8-19)22-12-15-9-16(13-22)11-17(10-15)14-22/h1-18,22-25,29-32H,19-21,26-28H2;1-19H;5-8,15-17H,9-14H2,1-4H3. The zero-order chi connectivity index (χ0) is 74.1. The predicted octanol–water partition coefficient (Wildman–Crippen LogP) is 23.4. The van der Waals surface area contributed by atoms with Crippen LogP contribution in [0.2, 0.25) is 5.02 Å². The molecule has 0 unspecified atom stereocenters. The number of hydrogen-bond acceptors (Lipinski definition) is 10. The summed E-state index contributed by atoms with van der Waals surface area (Å²) in [6.45, 7) is 8.49. The van der Waals surface area contributed by atoms with E-state index in [4.69, 9.17) is 55.8 Å². The monoisotopic (exact) mass is 1450 g/mol. The van der Waals surface area contributed by atoms with Crippen molar-refractivity contribution in [3.05, 3.63) is 295 Å². The van der Waals surface area contributed by atoms with Crippen molar-refractivity contribution in [2.75, 3.05) is 0 Å². The van der Waals surface area contributed by atoms with Crippen molar-refractivity contribution >= 4 is 46.0 Å². The van der Waals surface area contributed by atoms with Gasteiger partial charge in [-0.15, -0.1) is 0 Å². The number of pyridine rings is 2. The van der Waals surface area contributed by atoms with E-state index in [1.54, 1.807) is 11.1 Å². The second kappa shape index (κ2) is 28.6. The van der Waals surface area contributed by atoms with Crippen molar-refractivity contribution in [3.8, 4) is 102 Å². The lowest BCUT2D eigenvalue weighted by Gasteiger charge is -2.57. The highest BCUT2D eigenvalue weighted by Crippen LogP contribution is 2.62. The zero-order valence-electron chi connectivity index (χ0n) is 62.9. The Balaban J connectivity index is 0.000000119. The van der Waals surface area contributed by atoms with E-state index in [2.05, 4.69) is 166 Å². The predicted molar refractivity (Wildman–Crippen MR) is 446 cm³/mol. The maximum atomic E-state index is 6.59. The van der Waals surface area contributed by atoms with Gasteiger partial charge in [0, 0.05) is 72.7 Å². The normalized spacial score (nSPS) is 22.8. The fourth-order valence-corrected chi connectivity index (χ4v) is 20.5. The lowest BCUT2D eigenvalue weighted by molar-refractivity contribution is -0.00530. The summed E-state index contributed by atoms with van der Waals surface area (Å²) in [4.78, 5) is 39.0. The molecule has 9 fully saturated rings. The molecule has 0 N–H and O–H groups in total. The van der Waals surface area contributed by atoms with E-state index < -0.39 is 0 Å². The molecule has 8 aliphatic carbocycles. The molecule has 14 aromatic rings. The smallest absolute Gasteiger partial charge is 0.399 e. The van der Waals surface area contributed by atoms with E-state index in [1.807, 2.05) is 146 Å². The van der Waals surface area contributed by atoms with Crippen molar-refractivity contribution in [2.24, 2.45) is 35.5 Å². The third-order valence-electron chi connectivity index (χ3n) is 25.5. The van der Waals surface area contributed by atoms with Crippen LogP contribution in [-0.4, -0.2) is 58.2 Å². The van der Waals surface area contributed by atoms with Gasteiger partial charge in [-0.25, -0.2) is 29.9 Å². The molecule has 5 heterocycles. The fourth-order valence-electron chi connectivity index (χ4n) is 20.2. The third kappa shape index (κ3) is 14.0. The summed E-state index contributed by atoms with van der Waals surface area (Å²) in [5.41, 5.74) is 18.5. The Bertz CT molecular complexity index is 5530. The number of fused-ring (bicyclic) bond motifs is 2. The average molecular weight is 1460 g/mol. The van der Waals surface area contributed by atoms with Gasteiger partial charge in [-0.2, -0.15) is 0 Å². The van der Waals surface area contributed by atoms with Crippen LogP contribution >= 0.6 is 11.6 Å². The molecule has 0 radical (unpaired) electrons.